The summed E-state index contributed by atoms with van der Waals surface area (Å²) in [6.07, 6.45) is 1.70. The number of fused-ring (bicyclic) bond motifs is 2. The molecule has 16 heavy (non-hydrogen) atoms. The lowest BCUT2D eigenvalue weighted by molar-refractivity contribution is 1.74. The zero-order valence-corrected chi connectivity index (χ0v) is 8.85. The minimum Gasteiger partial charge on any atom is -0.0616 e. The van der Waals surface area contributed by atoms with Crippen LogP contribution in [-0.4, -0.2) is 0 Å². The van der Waals surface area contributed by atoms with E-state index in [1.54, 1.807) is 6.08 Å². The van der Waals surface area contributed by atoms with E-state index in [9.17, 15) is 0 Å². The summed E-state index contributed by atoms with van der Waals surface area (Å²) in [5.41, 5.74) is 1.12. The summed E-state index contributed by atoms with van der Waals surface area (Å²) in [7, 11) is 0. The van der Waals surface area contributed by atoms with Gasteiger partial charge in [-0.3, -0.25) is 0 Å². The lowest BCUT2D eigenvalue weighted by Crippen LogP contribution is -1.82. The second kappa shape index (κ2) is 3.49. The van der Waals surface area contributed by atoms with Crippen LogP contribution < -0.4 is 0 Å². The van der Waals surface area contributed by atoms with E-state index < -0.39 is 0 Å². The van der Waals surface area contributed by atoms with Crippen molar-refractivity contribution in [3.05, 3.63) is 66.7 Å². The van der Waals surface area contributed by atoms with Gasteiger partial charge in [-0.15, -0.1) is 0 Å². The molecule has 3 aromatic rings. The molecule has 0 aliphatic rings. The summed E-state index contributed by atoms with van der Waals surface area (Å²) in [6, 6.07) is 18.9. The van der Waals surface area contributed by atoms with Crippen LogP contribution in [0, 0.1) is 6.58 Å². The van der Waals surface area contributed by atoms with E-state index in [0.717, 1.165) is 5.56 Å². The zero-order valence-electron chi connectivity index (χ0n) is 8.85. The average Bonchev–Trinajstić information content (AvgIpc) is 2.36. The molecule has 3 rings (SSSR count). The van der Waals surface area contributed by atoms with E-state index in [4.69, 9.17) is 6.58 Å². The van der Waals surface area contributed by atoms with Gasteiger partial charge in [-0.2, -0.15) is 0 Å². The van der Waals surface area contributed by atoms with Gasteiger partial charge >= 0.3 is 0 Å². The maximum absolute atomic E-state index is 5.76. The lowest BCUT2D eigenvalue weighted by atomic mass is 9.97. The van der Waals surface area contributed by atoms with Crippen LogP contribution in [0.1, 0.15) is 5.56 Å². The van der Waals surface area contributed by atoms with Gasteiger partial charge < -0.3 is 0 Å². The van der Waals surface area contributed by atoms with Crippen LogP contribution in [0.4, 0.5) is 0 Å². The second-order valence-electron chi connectivity index (χ2n) is 3.90. The van der Waals surface area contributed by atoms with Gasteiger partial charge in [0.2, 0.25) is 0 Å². The second-order valence-corrected chi connectivity index (χ2v) is 3.90. The third kappa shape index (κ3) is 1.24. The molecule has 0 unspecified atom stereocenters. The van der Waals surface area contributed by atoms with Crippen LogP contribution in [0.25, 0.3) is 27.6 Å². The Bertz CT molecular complexity index is 624. The monoisotopic (exact) mass is 203 g/mol. The summed E-state index contributed by atoms with van der Waals surface area (Å²) < 4.78 is 0. The van der Waals surface area contributed by atoms with Crippen LogP contribution in [-0.2, 0) is 0 Å². The first-order chi connectivity index (χ1) is 7.90. The molecule has 0 aliphatic heterocycles. The Morgan fingerprint density at radius 1 is 0.750 bits per heavy atom. The Hall–Kier alpha value is -2.08. The maximum atomic E-state index is 5.76. The fourth-order valence-corrected chi connectivity index (χ4v) is 2.23. The summed E-state index contributed by atoms with van der Waals surface area (Å²) in [4.78, 5) is 0. The molecule has 0 bridgehead atoms. The highest BCUT2D eigenvalue weighted by Gasteiger charge is 2.03. The minimum atomic E-state index is 1.12. The summed E-state index contributed by atoms with van der Waals surface area (Å²) in [5.74, 6) is 0. The van der Waals surface area contributed by atoms with Gasteiger partial charge in [0, 0.05) is 0 Å². The third-order valence-electron chi connectivity index (χ3n) is 2.98. The first-order valence-corrected chi connectivity index (χ1v) is 5.35. The summed E-state index contributed by atoms with van der Waals surface area (Å²) >= 11 is 0. The van der Waals surface area contributed by atoms with E-state index in [-0.39, 0.29) is 0 Å². The molecule has 0 N–H and O–H groups in total. The lowest BCUT2D eigenvalue weighted by Gasteiger charge is -2.07. The SMILES string of the molecule is [CH]=Cc1c2ccccc2cc2ccccc12. The Morgan fingerprint density at radius 3 is 1.75 bits per heavy atom. The molecule has 75 valence electrons. The zero-order chi connectivity index (χ0) is 11.0. The predicted molar refractivity (Wildman–Crippen MR) is 70.2 cm³/mol. The van der Waals surface area contributed by atoms with E-state index in [2.05, 4.69) is 42.5 Å². The van der Waals surface area contributed by atoms with Crippen LogP contribution in [0.2, 0.25) is 0 Å². The highest BCUT2D eigenvalue weighted by Crippen LogP contribution is 2.28. The molecular weight excluding hydrogens is 192 g/mol. The Morgan fingerprint density at radius 2 is 1.25 bits per heavy atom. The highest BCUT2D eigenvalue weighted by molar-refractivity contribution is 6.06. The first-order valence-electron chi connectivity index (χ1n) is 5.35. The number of benzene rings is 3. The van der Waals surface area contributed by atoms with Crippen LogP contribution in [0.15, 0.2) is 54.6 Å². The predicted octanol–water partition coefficient (Wildman–Crippen LogP) is 4.44. The van der Waals surface area contributed by atoms with Gasteiger partial charge in [0.15, 0.2) is 0 Å². The fraction of sp³-hybridized carbons (Fsp3) is 0. The molecule has 0 aromatic heterocycles. The van der Waals surface area contributed by atoms with Crippen molar-refractivity contribution < 1.29 is 0 Å². The minimum absolute atomic E-state index is 1.12. The fourth-order valence-electron chi connectivity index (χ4n) is 2.23. The molecule has 0 fully saturated rings. The molecule has 0 atom stereocenters. The smallest absolute Gasteiger partial charge is 0.00994 e. The molecule has 1 radical (unpaired) electrons. The maximum Gasteiger partial charge on any atom is -0.00994 e. The molecule has 0 saturated carbocycles. The molecule has 0 heterocycles. The van der Waals surface area contributed by atoms with Crippen LogP contribution in [0.3, 0.4) is 0 Å². The van der Waals surface area contributed by atoms with Crippen LogP contribution in [0.5, 0.6) is 0 Å². The quantitative estimate of drug-likeness (QED) is 0.513. The van der Waals surface area contributed by atoms with Gasteiger partial charge in [0.1, 0.15) is 0 Å². The highest BCUT2D eigenvalue weighted by atomic mass is 14.1. The van der Waals surface area contributed by atoms with Crippen molar-refractivity contribution in [3.63, 3.8) is 0 Å². The number of hydrogen-bond acceptors (Lipinski definition) is 0. The molecule has 0 heteroatoms. The van der Waals surface area contributed by atoms with Crippen LogP contribution >= 0.6 is 0 Å². The van der Waals surface area contributed by atoms with Gasteiger partial charge in [-0.05, 0) is 33.2 Å². The van der Waals surface area contributed by atoms with Crippen molar-refractivity contribution >= 4 is 27.6 Å². The third-order valence-corrected chi connectivity index (χ3v) is 2.98. The van der Waals surface area contributed by atoms with Gasteiger partial charge in [-0.25, -0.2) is 0 Å². The summed E-state index contributed by atoms with van der Waals surface area (Å²) in [5, 5.41) is 4.89. The van der Waals surface area contributed by atoms with E-state index in [1.165, 1.54) is 21.5 Å². The topological polar surface area (TPSA) is 0 Å². The van der Waals surface area contributed by atoms with Crippen molar-refractivity contribution in [3.8, 4) is 0 Å². The number of hydrogen-bond donors (Lipinski definition) is 0. The van der Waals surface area contributed by atoms with Gasteiger partial charge in [0.25, 0.3) is 0 Å². The Balaban J connectivity index is 2.61. The molecule has 0 amide bonds. The van der Waals surface area contributed by atoms with Gasteiger partial charge in [-0.1, -0.05) is 61.2 Å². The molecule has 0 aliphatic carbocycles. The molecular formula is C16H11. The average molecular weight is 203 g/mol. The van der Waals surface area contributed by atoms with E-state index >= 15 is 0 Å². The summed E-state index contributed by atoms with van der Waals surface area (Å²) in [6.45, 7) is 5.76. The van der Waals surface area contributed by atoms with Crippen molar-refractivity contribution in [2.24, 2.45) is 0 Å². The first kappa shape index (κ1) is 9.17. The van der Waals surface area contributed by atoms with Crippen molar-refractivity contribution in [2.75, 3.05) is 0 Å². The standard InChI is InChI=1S/C16H11/c1-2-14-15-9-5-3-7-12(15)11-13-8-4-6-10-16(13)14/h1-11H. The van der Waals surface area contributed by atoms with Crippen molar-refractivity contribution in [2.45, 2.75) is 0 Å². The van der Waals surface area contributed by atoms with Crippen molar-refractivity contribution in [1.29, 1.82) is 0 Å². The Labute approximate surface area is 94.8 Å². The van der Waals surface area contributed by atoms with E-state index in [0.29, 0.717) is 0 Å². The van der Waals surface area contributed by atoms with E-state index in [1.807, 2.05) is 12.1 Å². The molecule has 0 spiro atoms. The molecule has 0 saturated heterocycles. The largest absolute Gasteiger partial charge is 0.0616 e. The Kier molecular flexibility index (Phi) is 2.00. The number of rotatable bonds is 1. The molecule has 0 nitrogen and oxygen atoms in total. The molecule has 3 aromatic carbocycles. The van der Waals surface area contributed by atoms with Crippen molar-refractivity contribution in [1.82, 2.24) is 0 Å². The normalized spacial score (nSPS) is 10.8. The van der Waals surface area contributed by atoms with Gasteiger partial charge in [0.05, 0.1) is 0 Å².